The molecule has 0 saturated carbocycles. The summed E-state index contributed by atoms with van der Waals surface area (Å²) < 4.78 is 2.21. The maximum atomic E-state index is 4.85. The Labute approximate surface area is 240 Å². The molecule has 0 N–H and O–H groups in total. The molecule has 0 atom stereocenters. The van der Waals surface area contributed by atoms with Crippen molar-refractivity contribution in [3.63, 3.8) is 0 Å². The number of rotatable bonds is 3. The van der Waals surface area contributed by atoms with Gasteiger partial charge in [-0.3, -0.25) is 4.57 Å². The van der Waals surface area contributed by atoms with Gasteiger partial charge in [-0.25, -0.2) is 4.98 Å². The lowest BCUT2D eigenvalue weighted by Crippen LogP contribution is -2.14. The van der Waals surface area contributed by atoms with Crippen molar-refractivity contribution in [2.75, 3.05) is 0 Å². The number of fused-ring (bicyclic) bond motifs is 10. The molecule has 1 aromatic heterocycles. The van der Waals surface area contributed by atoms with Crippen LogP contribution in [0.15, 0.2) is 116 Å². The first-order chi connectivity index (χ1) is 19.9. The molecule has 0 amide bonds. The molecule has 1 aliphatic rings. The van der Waals surface area contributed by atoms with Gasteiger partial charge in [0.2, 0.25) is 0 Å². The van der Waals surface area contributed by atoms with Gasteiger partial charge in [0.1, 0.15) is 5.82 Å². The van der Waals surface area contributed by atoms with Crippen LogP contribution >= 0.6 is 0 Å². The topological polar surface area (TPSA) is 17.8 Å². The number of nitrogens with zero attached hydrogens (tertiary/aromatic N) is 2. The fraction of sp³-hybridized carbons (Fsp3) is 0.154. The van der Waals surface area contributed by atoms with E-state index < -0.39 is 0 Å². The summed E-state index contributed by atoms with van der Waals surface area (Å²) in [5.74, 6) is 1.47. The minimum Gasteiger partial charge on any atom is -0.300 e. The van der Waals surface area contributed by atoms with Crippen molar-refractivity contribution in [3.8, 4) is 28.2 Å². The van der Waals surface area contributed by atoms with Crippen LogP contribution in [0.2, 0.25) is 0 Å². The van der Waals surface area contributed by atoms with Gasteiger partial charge >= 0.3 is 0 Å². The van der Waals surface area contributed by atoms with Gasteiger partial charge in [-0.05, 0) is 84.3 Å². The fourth-order valence-electron chi connectivity index (χ4n) is 7.12. The van der Waals surface area contributed by atoms with E-state index >= 15 is 0 Å². The van der Waals surface area contributed by atoms with E-state index in [2.05, 4.69) is 142 Å². The predicted octanol–water partition coefficient (Wildman–Crippen LogP) is 10.4. The molecule has 2 nitrogen and oxygen atoms in total. The van der Waals surface area contributed by atoms with Crippen LogP contribution < -0.4 is 0 Å². The summed E-state index contributed by atoms with van der Waals surface area (Å²) in [7, 11) is 0. The Morgan fingerprint density at radius 1 is 0.659 bits per heavy atom. The Hall–Kier alpha value is -4.69. The monoisotopic (exact) mass is 528 g/mol. The summed E-state index contributed by atoms with van der Waals surface area (Å²) in [5.41, 5.74) is 8.97. The van der Waals surface area contributed by atoms with E-state index in [9.17, 15) is 0 Å². The molecule has 1 aliphatic carbocycles. The second-order valence-corrected chi connectivity index (χ2v) is 12.3. The van der Waals surface area contributed by atoms with Crippen LogP contribution in [0.25, 0.3) is 60.5 Å². The molecule has 41 heavy (non-hydrogen) atoms. The summed E-state index contributed by atoms with van der Waals surface area (Å²) >= 11 is 0. The van der Waals surface area contributed by atoms with E-state index in [4.69, 9.17) is 4.98 Å². The fourth-order valence-corrected chi connectivity index (χ4v) is 7.12. The lowest BCUT2D eigenvalue weighted by atomic mass is 9.81. The highest BCUT2D eigenvalue weighted by atomic mass is 15.1. The maximum absolute atomic E-state index is 4.85. The Balaban J connectivity index is 1.40. The van der Waals surface area contributed by atoms with Crippen molar-refractivity contribution in [1.82, 2.24) is 9.55 Å². The molecule has 8 rings (SSSR count). The number of benzene rings is 6. The molecular formula is C39H32N2. The predicted molar refractivity (Wildman–Crippen MR) is 173 cm³/mol. The van der Waals surface area contributed by atoms with E-state index in [0.717, 1.165) is 17.1 Å². The quantitative estimate of drug-likeness (QED) is 0.209. The first kappa shape index (κ1) is 24.1. The van der Waals surface area contributed by atoms with Crippen LogP contribution in [0.1, 0.15) is 50.3 Å². The molecule has 6 aromatic carbocycles. The SMILES string of the molecule is CC(C)c1ccc(-n2ccnc2-c2ccc3c(c2)-c2c(ccc4c5ccccc5c5ccccc5c24)C3(C)C)cc1. The maximum Gasteiger partial charge on any atom is 0.144 e. The zero-order valence-corrected chi connectivity index (χ0v) is 23.9. The Bertz CT molecular complexity index is 2110. The summed E-state index contributed by atoms with van der Waals surface area (Å²) in [6.07, 6.45) is 3.98. The average molecular weight is 529 g/mol. The van der Waals surface area contributed by atoms with Crippen molar-refractivity contribution in [3.05, 3.63) is 132 Å². The van der Waals surface area contributed by atoms with Gasteiger partial charge in [0.25, 0.3) is 0 Å². The minimum atomic E-state index is -0.0910. The summed E-state index contributed by atoms with van der Waals surface area (Å²) in [6.45, 7) is 9.20. The first-order valence-corrected chi connectivity index (χ1v) is 14.6. The molecule has 0 bridgehead atoms. The molecule has 0 spiro atoms. The van der Waals surface area contributed by atoms with Crippen molar-refractivity contribution in [2.24, 2.45) is 0 Å². The van der Waals surface area contributed by atoms with Crippen LogP contribution in [0, 0.1) is 0 Å². The van der Waals surface area contributed by atoms with Gasteiger partial charge in [0.15, 0.2) is 0 Å². The van der Waals surface area contributed by atoms with Crippen LogP contribution in [-0.4, -0.2) is 9.55 Å². The number of aromatic nitrogens is 2. The number of hydrogen-bond acceptors (Lipinski definition) is 1. The molecule has 0 saturated heterocycles. The Morgan fingerprint density at radius 3 is 1.95 bits per heavy atom. The summed E-state index contributed by atoms with van der Waals surface area (Å²) in [4.78, 5) is 4.85. The van der Waals surface area contributed by atoms with Crippen LogP contribution in [-0.2, 0) is 5.41 Å². The highest BCUT2D eigenvalue weighted by Gasteiger charge is 2.37. The summed E-state index contributed by atoms with van der Waals surface area (Å²) in [6, 6.07) is 38.3. The zero-order chi connectivity index (χ0) is 27.9. The highest BCUT2D eigenvalue weighted by Crippen LogP contribution is 2.54. The molecule has 0 radical (unpaired) electrons. The number of imidazole rings is 1. The second-order valence-electron chi connectivity index (χ2n) is 12.3. The highest BCUT2D eigenvalue weighted by molar-refractivity contribution is 6.29. The molecule has 7 aromatic rings. The average Bonchev–Trinajstić information content (AvgIpc) is 3.58. The first-order valence-electron chi connectivity index (χ1n) is 14.6. The Morgan fingerprint density at radius 2 is 1.27 bits per heavy atom. The molecule has 0 fully saturated rings. The Kier molecular flexibility index (Phi) is 5.09. The van der Waals surface area contributed by atoms with E-state index in [1.165, 1.54) is 60.1 Å². The molecular weight excluding hydrogens is 496 g/mol. The third kappa shape index (κ3) is 3.40. The van der Waals surface area contributed by atoms with Crippen molar-refractivity contribution in [1.29, 1.82) is 0 Å². The van der Waals surface area contributed by atoms with Crippen molar-refractivity contribution < 1.29 is 0 Å². The molecule has 0 unspecified atom stereocenters. The van der Waals surface area contributed by atoms with Gasteiger partial charge in [-0.1, -0.05) is 113 Å². The normalized spacial score (nSPS) is 13.8. The second kappa shape index (κ2) is 8.65. The summed E-state index contributed by atoms with van der Waals surface area (Å²) in [5, 5.41) is 7.93. The van der Waals surface area contributed by atoms with Gasteiger partial charge in [0.05, 0.1) is 0 Å². The van der Waals surface area contributed by atoms with Gasteiger partial charge in [0, 0.05) is 29.1 Å². The van der Waals surface area contributed by atoms with E-state index in [-0.39, 0.29) is 5.41 Å². The third-order valence-electron chi connectivity index (χ3n) is 9.28. The third-order valence-corrected chi connectivity index (χ3v) is 9.28. The molecule has 2 heteroatoms. The molecule has 0 aliphatic heterocycles. The largest absolute Gasteiger partial charge is 0.300 e. The van der Waals surface area contributed by atoms with E-state index in [1.807, 2.05) is 6.20 Å². The lowest BCUT2D eigenvalue weighted by Gasteiger charge is -2.22. The van der Waals surface area contributed by atoms with Crippen LogP contribution in [0.3, 0.4) is 0 Å². The van der Waals surface area contributed by atoms with Gasteiger partial charge in [-0.2, -0.15) is 0 Å². The van der Waals surface area contributed by atoms with Crippen molar-refractivity contribution >= 4 is 32.3 Å². The van der Waals surface area contributed by atoms with Crippen molar-refractivity contribution in [2.45, 2.75) is 39.0 Å². The smallest absolute Gasteiger partial charge is 0.144 e. The van der Waals surface area contributed by atoms with E-state index in [0.29, 0.717) is 5.92 Å². The molecule has 198 valence electrons. The lowest BCUT2D eigenvalue weighted by molar-refractivity contribution is 0.661. The standard InChI is InChI=1S/C39H32N2/c1-24(2)25-13-16-27(17-14-25)41-22-21-40-38(41)26-15-19-34-33(23-26)37-35(39(34,3)4)20-18-32-30-11-6-5-9-28(30)29-10-7-8-12-31(29)36(32)37/h5-24H,1-4H3. The molecule has 1 heterocycles. The van der Waals surface area contributed by atoms with Crippen LogP contribution in [0.5, 0.6) is 0 Å². The zero-order valence-electron chi connectivity index (χ0n) is 23.9. The minimum absolute atomic E-state index is 0.0910. The van der Waals surface area contributed by atoms with Gasteiger partial charge in [-0.15, -0.1) is 0 Å². The van der Waals surface area contributed by atoms with Crippen LogP contribution in [0.4, 0.5) is 0 Å². The number of hydrogen-bond donors (Lipinski definition) is 0. The van der Waals surface area contributed by atoms with Gasteiger partial charge < -0.3 is 0 Å². The van der Waals surface area contributed by atoms with E-state index in [1.54, 1.807) is 0 Å².